The normalized spacial score (nSPS) is 23.2. The Hall–Kier alpha value is -0.950. The van der Waals surface area contributed by atoms with Crippen molar-refractivity contribution in [3.8, 4) is 0 Å². The van der Waals surface area contributed by atoms with Crippen molar-refractivity contribution in [1.29, 1.82) is 0 Å². The van der Waals surface area contributed by atoms with Gasteiger partial charge < -0.3 is 15.1 Å². The standard InChI is InChI=1S/C11H20N2O4S/c1-3-4-12(5-6-14)11(17)13-8(2)18-7-9(13)10(15)16/h8-9,14H,3-7H2,1-2H3,(H,15,16). The minimum atomic E-state index is -0.972. The van der Waals surface area contributed by atoms with Crippen molar-refractivity contribution in [1.82, 2.24) is 9.80 Å². The maximum absolute atomic E-state index is 12.3. The van der Waals surface area contributed by atoms with E-state index in [0.29, 0.717) is 12.3 Å². The number of carbonyl (C=O) groups excluding carboxylic acids is 1. The third-order valence-electron chi connectivity index (χ3n) is 2.86. The molecule has 6 nitrogen and oxygen atoms in total. The lowest BCUT2D eigenvalue weighted by molar-refractivity contribution is -0.141. The summed E-state index contributed by atoms with van der Waals surface area (Å²) in [6, 6.07) is -1.06. The predicted octanol–water partition coefficient (Wildman–Crippen LogP) is 0.659. The first-order chi connectivity index (χ1) is 8.52. The molecule has 1 aliphatic heterocycles. The number of carbonyl (C=O) groups is 2. The second kappa shape index (κ2) is 6.84. The maximum Gasteiger partial charge on any atom is 0.327 e. The molecule has 2 unspecified atom stereocenters. The van der Waals surface area contributed by atoms with Gasteiger partial charge in [0.2, 0.25) is 0 Å². The Bertz CT molecular complexity index is 307. The Morgan fingerprint density at radius 2 is 2.11 bits per heavy atom. The number of nitrogens with zero attached hydrogens (tertiary/aromatic N) is 2. The average molecular weight is 276 g/mol. The molecule has 0 spiro atoms. The van der Waals surface area contributed by atoms with Crippen LogP contribution in [0.2, 0.25) is 0 Å². The zero-order chi connectivity index (χ0) is 13.7. The molecule has 2 N–H and O–H groups in total. The van der Waals surface area contributed by atoms with Crippen molar-refractivity contribution in [3.63, 3.8) is 0 Å². The van der Waals surface area contributed by atoms with E-state index in [0.717, 1.165) is 6.42 Å². The lowest BCUT2D eigenvalue weighted by Gasteiger charge is -2.31. The zero-order valence-electron chi connectivity index (χ0n) is 10.7. The first-order valence-electron chi connectivity index (χ1n) is 6.05. The second-order valence-corrected chi connectivity index (χ2v) is 5.54. The van der Waals surface area contributed by atoms with E-state index in [1.54, 1.807) is 0 Å². The molecule has 0 radical (unpaired) electrons. The number of rotatable bonds is 5. The molecule has 1 heterocycles. The van der Waals surface area contributed by atoms with Crippen LogP contribution in [0.1, 0.15) is 20.3 Å². The minimum Gasteiger partial charge on any atom is -0.480 e. The highest BCUT2D eigenvalue weighted by molar-refractivity contribution is 8.00. The van der Waals surface area contributed by atoms with Crippen LogP contribution in [-0.2, 0) is 4.79 Å². The van der Waals surface area contributed by atoms with Crippen molar-refractivity contribution in [2.24, 2.45) is 0 Å². The molecule has 1 rings (SSSR count). The number of amides is 2. The number of hydrogen-bond donors (Lipinski definition) is 2. The van der Waals surface area contributed by atoms with Gasteiger partial charge in [0.1, 0.15) is 6.04 Å². The molecule has 1 aliphatic rings. The van der Waals surface area contributed by atoms with E-state index in [1.165, 1.54) is 21.6 Å². The number of hydrogen-bond acceptors (Lipinski definition) is 4. The van der Waals surface area contributed by atoms with Gasteiger partial charge in [-0.05, 0) is 13.3 Å². The number of thioether (sulfide) groups is 1. The highest BCUT2D eigenvalue weighted by Crippen LogP contribution is 2.29. The van der Waals surface area contributed by atoms with Gasteiger partial charge in [0, 0.05) is 18.8 Å². The first-order valence-corrected chi connectivity index (χ1v) is 7.10. The van der Waals surface area contributed by atoms with Crippen LogP contribution >= 0.6 is 11.8 Å². The third-order valence-corrected chi connectivity index (χ3v) is 4.08. The number of aliphatic hydroxyl groups is 1. The summed E-state index contributed by atoms with van der Waals surface area (Å²) in [6.45, 7) is 4.43. The molecule has 7 heteroatoms. The van der Waals surface area contributed by atoms with Crippen LogP contribution in [0, 0.1) is 0 Å². The minimum absolute atomic E-state index is 0.112. The number of aliphatic hydroxyl groups excluding tert-OH is 1. The van der Waals surface area contributed by atoms with Crippen LogP contribution in [0.15, 0.2) is 0 Å². The van der Waals surface area contributed by atoms with Gasteiger partial charge in [-0.25, -0.2) is 9.59 Å². The average Bonchev–Trinajstić information content (AvgIpc) is 2.70. The number of aliphatic carboxylic acids is 1. The van der Waals surface area contributed by atoms with Crippen LogP contribution in [0.25, 0.3) is 0 Å². The molecule has 2 amide bonds. The Balaban J connectivity index is 2.80. The van der Waals surface area contributed by atoms with E-state index in [1.807, 2.05) is 13.8 Å². The van der Waals surface area contributed by atoms with E-state index in [2.05, 4.69) is 0 Å². The van der Waals surface area contributed by atoms with Crippen LogP contribution < -0.4 is 0 Å². The molecule has 2 atom stereocenters. The first kappa shape index (κ1) is 15.1. The molecular formula is C11H20N2O4S. The third kappa shape index (κ3) is 3.29. The van der Waals surface area contributed by atoms with Crippen LogP contribution in [0.5, 0.6) is 0 Å². The molecule has 0 bridgehead atoms. The highest BCUT2D eigenvalue weighted by Gasteiger charge is 2.41. The van der Waals surface area contributed by atoms with Gasteiger partial charge in [-0.3, -0.25) is 4.90 Å². The van der Waals surface area contributed by atoms with E-state index in [9.17, 15) is 9.59 Å². The van der Waals surface area contributed by atoms with Gasteiger partial charge in [-0.2, -0.15) is 0 Å². The number of carboxylic acids is 1. The largest absolute Gasteiger partial charge is 0.480 e. The van der Waals surface area contributed by atoms with Gasteiger partial charge in [0.15, 0.2) is 0 Å². The van der Waals surface area contributed by atoms with E-state index < -0.39 is 12.0 Å². The molecule has 0 aromatic rings. The van der Waals surface area contributed by atoms with Crippen LogP contribution in [-0.4, -0.2) is 68.9 Å². The Morgan fingerprint density at radius 1 is 1.44 bits per heavy atom. The number of urea groups is 1. The molecular weight excluding hydrogens is 256 g/mol. The lowest BCUT2D eigenvalue weighted by atomic mass is 10.3. The zero-order valence-corrected chi connectivity index (χ0v) is 11.5. The molecule has 104 valence electrons. The van der Waals surface area contributed by atoms with Gasteiger partial charge >= 0.3 is 12.0 Å². The summed E-state index contributed by atoms with van der Waals surface area (Å²) in [5, 5.41) is 17.9. The fourth-order valence-electron chi connectivity index (χ4n) is 1.98. The molecule has 0 saturated carbocycles. The summed E-state index contributed by atoms with van der Waals surface area (Å²) >= 11 is 1.46. The molecule has 0 aromatic heterocycles. The summed E-state index contributed by atoms with van der Waals surface area (Å²) in [6.07, 6.45) is 0.777. The Labute approximate surface area is 111 Å². The van der Waals surface area contributed by atoms with Gasteiger partial charge in [-0.15, -0.1) is 11.8 Å². The van der Waals surface area contributed by atoms with E-state index in [-0.39, 0.29) is 24.6 Å². The van der Waals surface area contributed by atoms with Crippen molar-refractivity contribution >= 4 is 23.8 Å². The molecule has 1 fully saturated rings. The van der Waals surface area contributed by atoms with Gasteiger partial charge in [-0.1, -0.05) is 6.92 Å². The highest BCUT2D eigenvalue weighted by atomic mass is 32.2. The quantitative estimate of drug-likeness (QED) is 0.771. The predicted molar refractivity (Wildman–Crippen MR) is 69.5 cm³/mol. The van der Waals surface area contributed by atoms with E-state index in [4.69, 9.17) is 10.2 Å². The molecule has 0 aliphatic carbocycles. The van der Waals surface area contributed by atoms with Crippen molar-refractivity contribution in [2.45, 2.75) is 31.7 Å². The lowest BCUT2D eigenvalue weighted by Crippen LogP contribution is -2.51. The fourth-order valence-corrected chi connectivity index (χ4v) is 3.14. The SMILES string of the molecule is CCCN(CCO)C(=O)N1C(C)SCC1C(=O)O. The van der Waals surface area contributed by atoms with E-state index >= 15 is 0 Å². The van der Waals surface area contributed by atoms with Crippen molar-refractivity contribution < 1.29 is 19.8 Å². The van der Waals surface area contributed by atoms with Crippen LogP contribution in [0.3, 0.4) is 0 Å². The van der Waals surface area contributed by atoms with Gasteiger partial charge in [0.05, 0.1) is 12.0 Å². The molecule has 1 saturated heterocycles. The van der Waals surface area contributed by atoms with Crippen molar-refractivity contribution in [2.75, 3.05) is 25.4 Å². The molecule has 0 aromatic carbocycles. The van der Waals surface area contributed by atoms with Crippen LogP contribution in [0.4, 0.5) is 4.79 Å². The fraction of sp³-hybridized carbons (Fsp3) is 0.818. The van der Waals surface area contributed by atoms with Crippen molar-refractivity contribution in [3.05, 3.63) is 0 Å². The summed E-state index contributed by atoms with van der Waals surface area (Å²) < 4.78 is 0. The summed E-state index contributed by atoms with van der Waals surface area (Å²) in [4.78, 5) is 26.4. The summed E-state index contributed by atoms with van der Waals surface area (Å²) in [5.41, 5.74) is 0. The Morgan fingerprint density at radius 3 is 2.61 bits per heavy atom. The summed E-state index contributed by atoms with van der Waals surface area (Å²) in [7, 11) is 0. The molecule has 18 heavy (non-hydrogen) atoms. The monoisotopic (exact) mass is 276 g/mol. The topological polar surface area (TPSA) is 81.1 Å². The second-order valence-electron chi connectivity index (χ2n) is 4.19. The Kier molecular flexibility index (Phi) is 5.74. The number of carboxylic acid groups (broad SMARTS) is 1. The smallest absolute Gasteiger partial charge is 0.327 e. The maximum atomic E-state index is 12.3. The summed E-state index contributed by atoms with van der Waals surface area (Å²) in [5.74, 6) is -0.554. The van der Waals surface area contributed by atoms with Gasteiger partial charge in [0.25, 0.3) is 0 Å².